The number of carboxylic acids is 1. The predicted molar refractivity (Wildman–Crippen MR) is 88.0 cm³/mol. The van der Waals surface area contributed by atoms with Gasteiger partial charge >= 0.3 is 5.97 Å². The third kappa shape index (κ3) is 4.04. The van der Waals surface area contributed by atoms with Crippen molar-refractivity contribution in [3.8, 4) is 5.75 Å². The number of carboxylic acid groups (broad SMARTS) is 1. The van der Waals surface area contributed by atoms with Crippen LogP contribution in [0.5, 0.6) is 5.75 Å². The van der Waals surface area contributed by atoms with Gasteiger partial charge in [-0.1, -0.05) is 12.1 Å². The zero-order valence-electron chi connectivity index (χ0n) is 14.2. The number of amides is 1. The monoisotopic (exact) mass is 336 g/mol. The Morgan fingerprint density at radius 1 is 1.33 bits per heavy atom. The van der Waals surface area contributed by atoms with E-state index in [2.05, 4.69) is 0 Å². The molecule has 1 saturated heterocycles. The maximum absolute atomic E-state index is 12.7. The number of methoxy groups -OCH3 is 1. The molecule has 0 aliphatic carbocycles. The first kappa shape index (κ1) is 18.2. The molecule has 2 rings (SSSR count). The molecule has 0 spiro atoms. The lowest BCUT2D eigenvalue weighted by Gasteiger charge is -2.25. The summed E-state index contributed by atoms with van der Waals surface area (Å²) in [7, 11) is 3.23. The summed E-state index contributed by atoms with van der Waals surface area (Å²) in [6.45, 7) is 2.20. The molecule has 1 amide bonds. The number of aliphatic hydroxyl groups is 1. The number of β-amino-alcohol motifs (C(OH)–C–C–N with tert-alkyl or cyclic N) is 1. The number of carbonyl (C=O) groups excluding carboxylic acids is 1. The van der Waals surface area contributed by atoms with Gasteiger partial charge in [0.15, 0.2) is 0 Å². The van der Waals surface area contributed by atoms with E-state index in [9.17, 15) is 14.7 Å². The maximum Gasteiger partial charge on any atom is 0.317 e. The first-order chi connectivity index (χ1) is 11.3. The Kier molecular flexibility index (Phi) is 5.80. The summed E-state index contributed by atoms with van der Waals surface area (Å²) in [5.74, 6) is -0.650. The topological polar surface area (TPSA) is 90.3 Å². The fourth-order valence-electron chi connectivity index (χ4n) is 3.02. The largest absolute Gasteiger partial charge is 0.497 e. The molecule has 0 bridgehead atoms. The van der Waals surface area contributed by atoms with Gasteiger partial charge in [0.05, 0.1) is 31.7 Å². The number of hydrogen-bond donors (Lipinski definition) is 2. The highest BCUT2D eigenvalue weighted by Crippen LogP contribution is 2.24. The Morgan fingerprint density at radius 3 is 2.50 bits per heavy atom. The van der Waals surface area contributed by atoms with Crippen molar-refractivity contribution in [2.45, 2.75) is 25.0 Å². The second-order valence-corrected chi connectivity index (χ2v) is 6.18. The summed E-state index contributed by atoms with van der Waals surface area (Å²) in [5.41, 5.74) is 0.873. The number of benzene rings is 1. The summed E-state index contributed by atoms with van der Waals surface area (Å²) in [4.78, 5) is 26.7. The summed E-state index contributed by atoms with van der Waals surface area (Å²) < 4.78 is 5.11. The van der Waals surface area contributed by atoms with E-state index in [0.717, 1.165) is 11.3 Å². The van der Waals surface area contributed by atoms with Crippen LogP contribution in [-0.2, 0) is 9.59 Å². The highest BCUT2D eigenvalue weighted by atomic mass is 16.5. The van der Waals surface area contributed by atoms with Gasteiger partial charge in [-0.05, 0) is 31.7 Å². The number of aliphatic carboxylic acids is 1. The average Bonchev–Trinajstić information content (AvgIpc) is 2.95. The third-order valence-corrected chi connectivity index (χ3v) is 4.51. The normalized spacial score (nSPS) is 21.8. The van der Waals surface area contributed by atoms with Crippen molar-refractivity contribution in [2.24, 2.45) is 0 Å². The zero-order valence-corrected chi connectivity index (χ0v) is 14.2. The van der Waals surface area contributed by atoms with Crippen molar-refractivity contribution < 1.29 is 24.5 Å². The quantitative estimate of drug-likeness (QED) is 0.781. The van der Waals surface area contributed by atoms with Gasteiger partial charge in [0.25, 0.3) is 0 Å². The molecule has 0 radical (unpaired) electrons. The lowest BCUT2D eigenvalue weighted by molar-refractivity contribution is -0.138. The van der Waals surface area contributed by atoms with Gasteiger partial charge in [0.1, 0.15) is 5.75 Å². The average molecular weight is 336 g/mol. The van der Waals surface area contributed by atoms with Crippen LogP contribution in [0.3, 0.4) is 0 Å². The molecule has 1 aromatic rings. The first-order valence-corrected chi connectivity index (χ1v) is 7.86. The number of nitrogens with zero attached hydrogens (tertiary/aromatic N) is 2. The van der Waals surface area contributed by atoms with Gasteiger partial charge in [0, 0.05) is 13.1 Å². The molecule has 1 fully saturated rings. The number of likely N-dealkylation sites (tertiary alicyclic amines) is 1. The van der Waals surface area contributed by atoms with Crippen LogP contribution >= 0.6 is 0 Å². The molecule has 0 saturated carbocycles. The number of likely N-dealkylation sites (N-methyl/N-ethyl adjacent to an activating group) is 1. The SMILES string of the molecule is COc1ccc([C@@H](C)C(=O)N2C[C@@H](O)[C@@H](N(C)CC(=O)O)C2)cc1. The highest BCUT2D eigenvalue weighted by Gasteiger charge is 2.38. The Balaban J connectivity index is 2.02. The number of aliphatic hydroxyl groups excluding tert-OH is 1. The molecule has 7 nitrogen and oxygen atoms in total. The van der Waals surface area contributed by atoms with E-state index >= 15 is 0 Å². The standard InChI is InChI=1S/C17H24N2O5/c1-11(12-4-6-13(24-3)7-5-12)17(23)19-8-14(15(20)9-19)18(2)10-16(21)22/h4-7,11,14-15,20H,8-10H2,1-3H3,(H,21,22)/t11-,14+,15-/m1/s1. The number of rotatable bonds is 6. The van der Waals surface area contributed by atoms with E-state index in [1.165, 1.54) is 0 Å². The summed E-state index contributed by atoms with van der Waals surface area (Å²) >= 11 is 0. The summed E-state index contributed by atoms with van der Waals surface area (Å²) in [5, 5.41) is 19.0. The minimum Gasteiger partial charge on any atom is -0.497 e. The maximum atomic E-state index is 12.7. The molecule has 1 aliphatic rings. The van der Waals surface area contributed by atoms with Crippen molar-refractivity contribution in [3.63, 3.8) is 0 Å². The first-order valence-electron chi connectivity index (χ1n) is 7.86. The summed E-state index contributed by atoms with van der Waals surface area (Å²) in [6, 6.07) is 6.94. The molecular weight excluding hydrogens is 312 g/mol. The van der Waals surface area contributed by atoms with Gasteiger partial charge in [-0.3, -0.25) is 14.5 Å². The van der Waals surface area contributed by atoms with Gasteiger partial charge < -0.3 is 19.8 Å². The van der Waals surface area contributed by atoms with Crippen molar-refractivity contribution in [3.05, 3.63) is 29.8 Å². The van der Waals surface area contributed by atoms with Gasteiger partial charge in [-0.15, -0.1) is 0 Å². The minimum atomic E-state index is -0.957. The molecule has 7 heteroatoms. The van der Waals surface area contributed by atoms with E-state index in [1.54, 1.807) is 36.1 Å². The fourth-order valence-corrected chi connectivity index (χ4v) is 3.02. The van der Waals surface area contributed by atoms with Crippen LogP contribution in [-0.4, -0.2) is 77.8 Å². The Morgan fingerprint density at radius 2 is 1.96 bits per heavy atom. The van der Waals surface area contributed by atoms with E-state index in [4.69, 9.17) is 9.84 Å². The smallest absolute Gasteiger partial charge is 0.317 e. The molecule has 1 heterocycles. The minimum absolute atomic E-state index is 0.0783. The van der Waals surface area contributed by atoms with Gasteiger partial charge in [0.2, 0.25) is 5.91 Å². The van der Waals surface area contributed by atoms with E-state index in [0.29, 0.717) is 6.54 Å². The van der Waals surface area contributed by atoms with E-state index in [1.807, 2.05) is 19.1 Å². The molecule has 0 unspecified atom stereocenters. The fraction of sp³-hybridized carbons (Fsp3) is 0.529. The number of ether oxygens (including phenoxy) is 1. The van der Waals surface area contributed by atoms with Gasteiger partial charge in [-0.2, -0.15) is 0 Å². The third-order valence-electron chi connectivity index (χ3n) is 4.51. The lowest BCUT2D eigenvalue weighted by Crippen LogP contribution is -2.43. The highest BCUT2D eigenvalue weighted by molar-refractivity contribution is 5.83. The molecule has 1 aliphatic heterocycles. The Hall–Kier alpha value is -2.12. The molecule has 2 N–H and O–H groups in total. The zero-order chi connectivity index (χ0) is 17.9. The molecule has 3 atom stereocenters. The second-order valence-electron chi connectivity index (χ2n) is 6.18. The predicted octanol–water partition coefficient (Wildman–Crippen LogP) is 0.387. The molecule has 1 aromatic carbocycles. The van der Waals surface area contributed by atoms with Crippen molar-refractivity contribution in [2.75, 3.05) is 33.8 Å². The number of hydrogen-bond acceptors (Lipinski definition) is 5. The van der Waals surface area contributed by atoms with Crippen LogP contribution in [0.2, 0.25) is 0 Å². The van der Waals surface area contributed by atoms with Crippen LogP contribution in [0.25, 0.3) is 0 Å². The van der Waals surface area contributed by atoms with Crippen molar-refractivity contribution >= 4 is 11.9 Å². The molecular formula is C17H24N2O5. The summed E-state index contributed by atoms with van der Waals surface area (Å²) in [6.07, 6.45) is -0.749. The van der Waals surface area contributed by atoms with Crippen LogP contribution in [0.15, 0.2) is 24.3 Å². The van der Waals surface area contributed by atoms with E-state index in [-0.39, 0.29) is 31.0 Å². The Labute approximate surface area is 141 Å². The van der Waals surface area contributed by atoms with Crippen LogP contribution in [0.4, 0.5) is 0 Å². The molecule has 132 valence electrons. The van der Waals surface area contributed by atoms with Crippen LogP contribution in [0, 0.1) is 0 Å². The molecule has 24 heavy (non-hydrogen) atoms. The van der Waals surface area contributed by atoms with Gasteiger partial charge in [-0.25, -0.2) is 0 Å². The van der Waals surface area contributed by atoms with Crippen LogP contribution in [0.1, 0.15) is 18.4 Å². The van der Waals surface area contributed by atoms with Crippen molar-refractivity contribution in [1.82, 2.24) is 9.80 Å². The van der Waals surface area contributed by atoms with E-state index < -0.39 is 12.1 Å². The second kappa shape index (κ2) is 7.63. The van der Waals surface area contributed by atoms with Crippen molar-refractivity contribution in [1.29, 1.82) is 0 Å². The Bertz CT molecular complexity index is 589. The number of carbonyl (C=O) groups is 2. The van der Waals surface area contributed by atoms with Crippen LogP contribution < -0.4 is 4.74 Å². The molecule has 0 aromatic heterocycles. The lowest BCUT2D eigenvalue weighted by atomic mass is 10.00.